The number of fused-ring (bicyclic) bond motifs is 2. The molecule has 0 bridgehead atoms. The van der Waals surface area contributed by atoms with Crippen molar-refractivity contribution in [3.63, 3.8) is 0 Å². The molecular weight excluding hydrogens is 325 g/mol. The molecule has 4 rings (SSSR count). The highest BCUT2D eigenvalue weighted by molar-refractivity contribution is 8.13. The summed E-state index contributed by atoms with van der Waals surface area (Å²) in [7, 11) is 0. The van der Waals surface area contributed by atoms with Crippen LogP contribution in [0.2, 0.25) is 0 Å². The van der Waals surface area contributed by atoms with Crippen LogP contribution in [0.25, 0.3) is 0 Å². The quantitative estimate of drug-likeness (QED) is 0.822. The molecule has 126 valence electrons. The first-order valence-corrected chi connectivity index (χ1v) is 9.14. The van der Waals surface area contributed by atoms with E-state index >= 15 is 0 Å². The van der Waals surface area contributed by atoms with Crippen molar-refractivity contribution in [2.75, 3.05) is 5.75 Å². The number of halogens is 1. The van der Waals surface area contributed by atoms with E-state index in [-0.39, 0.29) is 29.0 Å². The van der Waals surface area contributed by atoms with Gasteiger partial charge in [-0.25, -0.2) is 4.39 Å². The van der Waals surface area contributed by atoms with Gasteiger partial charge in [0.2, 0.25) is 5.91 Å². The average Bonchev–Trinajstić information content (AvgIpc) is 2.55. The highest BCUT2D eigenvalue weighted by Crippen LogP contribution is 2.60. The molecule has 3 aliphatic rings. The van der Waals surface area contributed by atoms with Crippen LogP contribution in [0.1, 0.15) is 25.3 Å². The number of carbonyl (C=O) groups excluding carboxylic acids is 1. The van der Waals surface area contributed by atoms with E-state index in [9.17, 15) is 9.18 Å². The van der Waals surface area contributed by atoms with Gasteiger partial charge in [0.15, 0.2) is 5.17 Å². The first-order chi connectivity index (χ1) is 11.5. The van der Waals surface area contributed by atoms with Gasteiger partial charge in [-0.15, -0.1) is 0 Å². The third-order valence-electron chi connectivity index (χ3n) is 5.78. The molecule has 3 N–H and O–H groups in total. The molecule has 1 amide bonds. The number of allylic oxidation sites excluding steroid dienone is 1. The van der Waals surface area contributed by atoms with E-state index in [4.69, 9.17) is 10.7 Å². The summed E-state index contributed by atoms with van der Waals surface area (Å²) in [5, 5.41) is 3.26. The Morgan fingerprint density at radius 3 is 2.96 bits per heavy atom. The summed E-state index contributed by atoms with van der Waals surface area (Å²) in [5.74, 6) is 0.445. The fraction of sp³-hybridized carbons (Fsp3) is 0.444. The SMILES string of the molecule is C[C@]12CSC(N)=N[C@@]1(c1ccccc1F)CC1C(=O)NC=CC1C2. The molecule has 6 heteroatoms. The van der Waals surface area contributed by atoms with Gasteiger partial charge in [0.25, 0.3) is 0 Å². The first kappa shape index (κ1) is 15.7. The second kappa shape index (κ2) is 5.34. The number of thioether (sulfide) groups is 1. The molecule has 1 saturated carbocycles. The van der Waals surface area contributed by atoms with Gasteiger partial charge in [-0.05, 0) is 24.8 Å². The summed E-state index contributed by atoms with van der Waals surface area (Å²) in [6.07, 6.45) is 5.07. The molecule has 0 saturated heterocycles. The lowest BCUT2D eigenvalue weighted by Gasteiger charge is -2.56. The molecule has 0 spiro atoms. The van der Waals surface area contributed by atoms with Gasteiger partial charge in [0.1, 0.15) is 5.82 Å². The van der Waals surface area contributed by atoms with Crippen LogP contribution in [0.5, 0.6) is 0 Å². The van der Waals surface area contributed by atoms with Crippen molar-refractivity contribution in [1.29, 1.82) is 0 Å². The zero-order valence-electron chi connectivity index (χ0n) is 13.5. The molecule has 0 aromatic heterocycles. The maximum absolute atomic E-state index is 14.7. The largest absolute Gasteiger partial charge is 0.379 e. The number of amides is 1. The number of rotatable bonds is 1. The molecule has 1 fully saturated rings. The van der Waals surface area contributed by atoms with Crippen LogP contribution in [-0.4, -0.2) is 16.8 Å². The van der Waals surface area contributed by atoms with E-state index in [2.05, 4.69) is 18.3 Å². The highest BCUT2D eigenvalue weighted by atomic mass is 32.2. The van der Waals surface area contributed by atoms with Gasteiger partial charge < -0.3 is 11.1 Å². The van der Waals surface area contributed by atoms with Crippen molar-refractivity contribution in [2.24, 2.45) is 28.0 Å². The van der Waals surface area contributed by atoms with Gasteiger partial charge in [-0.2, -0.15) is 0 Å². The number of carbonyl (C=O) groups is 1. The summed E-state index contributed by atoms with van der Waals surface area (Å²) >= 11 is 1.52. The lowest BCUT2D eigenvalue weighted by Crippen LogP contribution is -2.57. The van der Waals surface area contributed by atoms with E-state index in [0.29, 0.717) is 17.2 Å². The number of hydrogen-bond donors (Lipinski definition) is 2. The lowest BCUT2D eigenvalue weighted by atomic mass is 9.54. The fourth-order valence-electron chi connectivity index (χ4n) is 4.50. The molecule has 1 aromatic rings. The van der Waals surface area contributed by atoms with E-state index in [1.807, 2.05) is 6.07 Å². The molecule has 4 atom stereocenters. The van der Waals surface area contributed by atoms with Crippen LogP contribution in [0.3, 0.4) is 0 Å². The molecular formula is C18H20FN3OS. The second-order valence-electron chi connectivity index (χ2n) is 7.19. The van der Waals surface area contributed by atoms with Gasteiger partial charge >= 0.3 is 0 Å². The zero-order valence-corrected chi connectivity index (χ0v) is 14.3. The Morgan fingerprint density at radius 1 is 1.38 bits per heavy atom. The van der Waals surface area contributed by atoms with Crippen molar-refractivity contribution in [1.82, 2.24) is 5.32 Å². The summed E-state index contributed by atoms with van der Waals surface area (Å²) in [6, 6.07) is 6.76. The maximum atomic E-state index is 14.7. The minimum Gasteiger partial charge on any atom is -0.379 e. The van der Waals surface area contributed by atoms with Crippen LogP contribution < -0.4 is 11.1 Å². The van der Waals surface area contributed by atoms with Crippen molar-refractivity contribution < 1.29 is 9.18 Å². The van der Waals surface area contributed by atoms with Crippen molar-refractivity contribution in [3.05, 3.63) is 47.9 Å². The molecule has 0 radical (unpaired) electrons. The zero-order chi connectivity index (χ0) is 16.9. The van der Waals surface area contributed by atoms with Gasteiger partial charge in [0, 0.05) is 28.8 Å². The highest BCUT2D eigenvalue weighted by Gasteiger charge is 2.59. The lowest BCUT2D eigenvalue weighted by molar-refractivity contribution is -0.130. The summed E-state index contributed by atoms with van der Waals surface area (Å²) < 4.78 is 14.7. The van der Waals surface area contributed by atoms with Crippen LogP contribution in [0.4, 0.5) is 4.39 Å². The van der Waals surface area contributed by atoms with Crippen LogP contribution >= 0.6 is 11.8 Å². The predicted octanol–water partition coefficient (Wildman–Crippen LogP) is 2.76. The van der Waals surface area contributed by atoms with E-state index < -0.39 is 5.54 Å². The van der Waals surface area contributed by atoms with Crippen molar-refractivity contribution in [3.8, 4) is 0 Å². The van der Waals surface area contributed by atoms with Gasteiger partial charge in [-0.1, -0.05) is 43.0 Å². The van der Waals surface area contributed by atoms with E-state index in [1.165, 1.54) is 17.8 Å². The maximum Gasteiger partial charge on any atom is 0.227 e. The number of benzene rings is 1. The number of hydrogen-bond acceptors (Lipinski definition) is 4. The molecule has 1 aromatic carbocycles. The van der Waals surface area contributed by atoms with Crippen LogP contribution in [0.15, 0.2) is 41.5 Å². The third-order valence-corrected chi connectivity index (χ3v) is 6.95. The number of nitrogens with two attached hydrogens (primary N) is 1. The average molecular weight is 345 g/mol. The first-order valence-electron chi connectivity index (χ1n) is 8.15. The van der Waals surface area contributed by atoms with Gasteiger partial charge in [0.05, 0.1) is 5.54 Å². The fourth-order valence-corrected chi connectivity index (χ4v) is 5.55. The Balaban J connectivity index is 1.91. The minimum absolute atomic E-state index is 0.00716. The molecule has 2 heterocycles. The standard InChI is InChI=1S/C18H20FN3OS/c1-17-8-11-6-7-21-15(23)12(11)9-18(17,22-16(20)24-10-17)13-4-2-3-5-14(13)19/h2-7,11-12H,8-10H2,1H3,(H2,20,22)(H,21,23)/t11?,12?,17-,18+/m0/s1. The van der Waals surface area contributed by atoms with Crippen molar-refractivity contribution >= 4 is 22.8 Å². The molecule has 2 unspecified atom stereocenters. The Labute approximate surface area is 144 Å². The van der Waals surface area contributed by atoms with Gasteiger partial charge in [-0.3, -0.25) is 9.79 Å². The Bertz CT molecular complexity index is 764. The smallest absolute Gasteiger partial charge is 0.227 e. The molecule has 24 heavy (non-hydrogen) atoms. The topological polar surface area (TPSA) is 67.5 Å². The summed E-state index contributed by atoms with van der Waals surface area (Å²) in [6.45, 7) is 2.15. The van der Waals surface area contributed by atoms with Crippen LogP contribution in [0, 0.1) is 23.1 Å². The minimum atomic E-state index is -0.794. The normalized spacial score (nSPS) is 37.9. The van der Waals surface area contributed by atoms with Crippen LogP contribution in [-0.2, 0) is 10.3 Å². The summed E-state index contributed by atoms with van der Waals surface area (Å²) in [5.41, 5.74) is 5.55. The Morgan fingerprint density at radius 2 is 2.17 bits per heavy atom. The van der Waals surface area contributed by atoms with Crippen molar-refractivity contribution in [2.45, 2.75) is 25.3 Å². The predicted molar refractivity (Wildman–Crippen MR) is 93.8 cm³/mol. The number of aliphatic imine (C=N–C) groups is 1. The van der Waals surface area contributed by atoms with E-state index in [0.717, 1.165) is 12.2 Å². The second-order valence-corrected chi connectivity index (χ2v) is 8.18. The third kappa shape index (κ3) is 2.12. The molecule has 4 nitrogen and oxygen atoms in total. The number of nitrogens with zero attached hydrogens (tertiary/aromatic N) is 1. The monoisotopic (exact) mass is 345 g/mol. The van der Waals surface area contributed by atoms with E-state index in [1.54, 1.807) is 18.3 Å². The number of nitrogens with one attached hydrogen (secondary N) is 1. The summed E-state index contributed by atoms with van der Waals surface area (Å²) in [4.78, 5) is 17.2. The number of amidine groups is 1. The Kier molecular flexibility index (Phi) is 3.49. The molecule has 1 aliphatic carbocycles. The Hall–Kier alpha value is -1.82. The molecule has 2 aliphatic heterocycles.